The second-order valence-corrected chi connectivity index (χ2v) is 5.98. The zero-order valence-corrected chi connectivity index (χ0v) is 13.0. The van der Waals surface area contributed by atoms with Gasteiger partial charge in [-0.25, -0.2) is 0 Å². The largest absolute Gasteiger partial charge is 0.496 e. The van der Waals surface area contributed by atoms with Crippen LogP contribution in [0.1, 0.15) is 31.9 Å². The second kappa shape index (κ2) is 5.60. The third kappa shape index (κ3) is 2.92. The number of benzene rings is 1. The summed E-state index contributed by atoms with van der Waals surface area (Å²) in [5.41, 5.74) is 2.60. The molecule has 0 saturated heterocycles. The monoisotopic (exact) mass is 283 g/mol. The Morgan fingerprint density at radius 3 is 2.48 bits per heavy atom. The van der Waals surface area contributed by atoms with Crippen molar-refractivity contribution in [1.82, 2.24) is 4.57 Å². The lowest BCUT2D eigenvalue weighted by molar-refractivity contribution is 0.396. The van der Waals surface area contributed by atoms with Crippen molar-refractivity contribution in [2.75, 3.05) is 7.11 Å². The molecule has 0 radical (unpaired) electrons. The Balaban J connectivity index is 2.79. The van der Waals surface area contributed by atoms with Gasteiger partial charge < -0.3 is 4.74 Å². The van der Waals surface area contributed by atoms with Crippen molar-refractivity contribution >= 4 is 6.08 Å². The van der Waals surface area contributed by atoms with Crippen LogP contribution in [0.2, 0.25) is 0 Å². The van der Waals surface area contributed by atoms with Gasteiger partial charge in [-0.3, -0.25) is 9.36 Å². The number of ether oxygens (including phenoxy) is 1. The number of hydrogen-bond acceptors (Lipinski definition) is 2. The van der Waals surface area contributed by atoms with Gasteiger partial charge in [-0.1, -0.05) is 39.5 Å². The minimum Gasteiger partial charge on any atom is -0.496 e. The molecule has 0 aliphatic heterocycles. The molecule has 1 aromatic heterocycles. The molecule has 0 aliphatic rings. The Hall–Kier alpha value is -2.29. The summed E-state index contributed by atoms with van der Waals surface area (Å²) in [6.45, 7) is 10.2. The molecule has 0 N–H and O–H groups in total. The Bertz CT molecular complexity index is 721. The van der Waals surface area contributed by atoms with E-state index in [1.165, 1.54) is 0 Å². The molecule has 0 unspecified atom stereocenters. The van der Waals surface area contributed by atoms with E-state index in [0.29, 0.717) is 0 Å². The topological polar surface area (TPSA) is 31.2 Å². The van der Waals surface area contributed by atoms with Gasteiger partial charge in [-0.2, -0.15) is 0 Å². The molecule has 21 heavy (non-hydrogen) atoms. The van der Waals surface area contributed by atoms with Crippen molar-refractivity contribution in [3.63, 3.8) is 0 Å². The lowest BCUT2D eigenvalue weighted by Gasteiger charge is -2.24. The van der Waals surface area contributed by atoms with Crippen LogP contribution in [-0.2, 0) is 5.41 Å². The van der Waals surface area contributed by atoms with E-state index in [9.17, 15) is 4.79 Å². The molecule has 0 atom stereocenters. The smallest absolute Gasteiger partial charge is 0.255 e. The van der Waals surface area contributed by atoms with Crippen LogP contribution in [0.3, 0.4) is 0 Å². The first-order valence-corrected chi connectivity index (χ1v) is 6.91. The van der Waals surface area contributed by atoms with Crippen molar-refractivity contribution in [2.24, 2.45) is 0 Å². The predicted molar refractivity (Wildman–Crippen MR) is 87.4 cm³/mol. The summed E-state index contributed by atoms with van der Waals surface area (Å²) < 4.78 is 7.18. The highest BCUT2D eigenvalue weighted by Crippen LogP contribution is 2.36. The second-order valence-electron chi connectivity index (χ2n) is 5.98. The number of rotatable bonds is 3. The SMILES string of the molecule is C=Cc1cc(-n2ccccc2=O)cc(C(C)(C)C)c1OC. The molecule has 0 aliphatic carbocycles. The van der Waals surface area contributed by atoms with Crippen molar-refractivity contribution in [3.8, 4) is 11.4 Å². The molecule has 3 heteroatoms. The van der Waals surface area contributed by atoms with Crippen LogP contribution >= 0.6 is 0 Å². The van der Waals surface area contributed by atoms with Crippen molar-refractivity contribution < 1.29 is 4.74 Å². The molecular formula is C18H21NO2. The standard InChI is InChI=1S/C18H21NO2/c1-6-13-11-14(19-10-8-7-9-16(19)20)12-15(17(13)21-5)18(2,3)4/h6-12H,1H2,2-5H3. The van der Waals surface area contributed by atoms with Gasteiger partial charge in [0.25, 0.3) is 5.56 Å². The molecule has 3 nitrogen and oxygen atoms in total. The van der Waals surface area contributed by atoms with Crippen LogP contribution in [0, 0.1) is 0 Å². The summed E-state index contributed by atoms with van der Waals surface area (Å²) >= 11 is 0. The highest BCUT2D eigenvalue weighted by molar-refractivity contribution is 5.64. The van der Waals surface area contributed by atoms with Gasteiger partial charge in [0.05, 0.1) is 7.11 Å². The molecular weight excluding hydrogens is 262 g/mol. The average Bonchev–Trinajstić information content (AvgIpc) is 2.45. The van der Waals surface area contributed by atoms with Crippen molar-refractivity contribution in [1.29, 1.82) is 0 Å². The highest BCUT2D eigenvalue weighted by Gasteiger charge is 2.22. The van der Waals surface area contributed by atoms with Gasteiger partial charge in [0, 0.05) is 29.1 Å². The summed E-state index contributed by atoms with van der Waals surface area (Å²) in [4.78, 5) is 12.0. The van der Waals surface area contributed by atoms with Crippen molar-refractivity contribution in [2.45, 2.75) is 26.2 Å². The predicted octanol–water partition coefficient (Wildman–Crippen LogP) is 3.79. The number of pyridine rings is 1. The highest BCUT2D eigenvalue weighted by atomic mass is 16.5. The first kappa shape index (κ1) is 15.1. The lowest BCUT2D eigenvalue weighted by Crippen LogP contribution is -2.19. The van der Waals surface area contributed by atoms with E-state index in [1.807, 2.05) is 18.2 Å². The fraction of sp³-hybridized carbons (Fsp3) is 0.278. The Labute approximate surface area is 125 Å². The number of aromatic nitrogens is 1. The van der Waals surface area contributed by atoms with Crippen LogP contribution in [0.5, 0.6) is 5.75 Å². The Morgan fingerprint density at radius 1 is 1.24 bits per heavy atom. The van der Waals surface area contributed by atoms with Crippen molar-refractivity contribution in [3.05, 3.63) is 64.6 Å². The van der Waals surface area contributed by atoms with Gasteiger partial charge in [0.2, 0.25) is 0 Å². The third-order valence-electron chi connectivity index (χ3n) is 3.44. The van der Waals surface area contributed by atoms with E-state index in [2.05, 4.69) is 27.4 Å². The first-order valence-electron chi connectivity index (χ1n) is 6.91. The van der Waals surface area contributed by atoms with Gasteiger partial charge in [0.15, 0.2) is 0 Å². The van der Waals surface area contributed by atoms with E-state index in [0.717, 1.165) is 22.6 Å². The molecule has 2 rings (SSSR count). The maximum atomic E-state index is 12.0. The van der Waals surface area contributed by atoms with Gasteiger partial charge in [0.1, 0.15) is 5.75 Å². The van der Waals surface area contributed by atoms with Gasteiger partial charge >= 0.3 is 0 Å². The van der Waals surface area contributed by atoms with E-state index in [-0.39, 0.29) is 11.0 Å². The van der Waals surface area contributed by atoms with E-state index >= 15 is 0 Å². The molecule has 1 heterocycles. The molecule has 1 aromatic carbocycles. The maximum Gasteiger partial charge on any atom is 0.255 e. The molecule has 0 spiro atoms. The summed E-state index contributed by atoms with van der Waals surface area (Å²) in [5, 5.41) is 0. The maximum absolute atomic E-state index is 12.0. The fourth-order valence-corrected chi connectivity index (χ4v) is 2.35. The summed E-state index contributed by atoms with van der Waals surface area (Å²) in [5.74, 6) is 0.810. The zero-order chi connectivity index (χ0) is 15.6. The average molecular weight is 283 g/mol. The van der Waals surface area contributed by atoms with E-state index < -0.39 is 0 Å². The molecule has 2 aromatic rings. The van der Waals surface area contributed by atoms with Crippen LogP contribution in [0.15, 0.2) is 47.9 Å². The molecule has 110 valence electrons. The minimum atomic E-state index is -0.0997. The number of hydrogen-bond donors (Lipinski definition) is 0. The molecule has 0 amide bonds. The van der Waals surface area contributed by atoms with Crippen LogP contribution in [0.25, 0.3) is 11.8 Å². The number of methoxy groups -OCH3 is 1. The Morgan fingerprint density at radius 2 is 1.95 bits per heavy atom. The van der Waals surface area contributed by atoms with E-state index in [1.54, 1.807) is 36.1 Å². The zero-order valence-electron chi connectivity index (χ0n) is 13.0. The fourth-order valence-electron chi connectivity index (χ4n) is 2.35. The van der Waals surface area contributed by atoms with Gasteiger partial charge in [-0.15, -0.1) is 0 Å². The quantitative estimate of drug-likeness (QED) is 0.858. The molecule has 0 saturated carbocycles. The number of nitrogens with zero attached hydrogens (tertiary/aromatic N) is 1. The first-order chi connectivity index (χ1) is 9.88. The Kier molecular flexibility index (Phi) is 4.03. The summed E-state index contributed by atoms with van der Waals surface area (Å²) in [6, 6.07) is 9.06. The van der Waals surface area contributed by atoms with E-state index in [4.69, 9.17) is 4.74 Å². The minimum absolute atomic E-state index is 0.0578. The molecule has 0 bridgehead atoms. The third-order valence-corrected chi connectivity index (χ3v) is 3.44. The van der Waals surface area contributed by atoms with Crippen LogP contribution in [-0.4, -0.2) is 11.7 Å². The van der Waals surface area contributed by atoms with Crippen LogP contribution < -0.4 is 10.3 Å². The lowest BCUT2D eigenvalue weighted by atomic mass is 9.84. The summed E-state index contributed by atoms with van der Waals surface area (Å²) in [6.07, 6.45) is 3.52. The normalized spacial score (nSPS) is 11.2. The van der Waals surface area contributed by atoms with Gasteiger partial charge in [-0.05, 0) is 23.6 Å². The van der Waals surface area contributed by atoms with Crippen LogP contribution in [0.4, 0.5) is 0 Å². The molecule has 0 fully saturated rings. The summed E-state index contributed by atoms with van der Waals surface area (Å²) in [7, 11) is 1.66.